The summed E-state index contributed by atoms with van der Waals surface area (Å²) in [6.07, 6.45) is 2.15. The molecule has 1 atom stereocenters. The van der Waals surface area contributed by atoms with E-state index in [9.17, 15) is 0 Å². The fourth-order valence-corrected chi connectivity index (χ4v) is 2.51. The standard InChI is InChI=1S/C14H19ClO/c1-4-5-12(15)10-6-7-13-11(8-10)14(2,3)9-16-13/h6-8,12H,4-5,9H2,1-3H3. The molecular weight excluding hydrogens is 220 g/mol. The van der Waals surface area contributed by atoms with Gasteiger partial charge in [0.1, 0.15) is 5.75 Å². The molecule has 1 aromatic rings. The van der Waals surface area contributed by atoms with Crippen molar-refractivity contribution >= 4 is 11.6 Å². The van der Waals surface area contributed by atoms with Crippen LogP contribution in [0.25, 0.3) is 0 Å². The van der Waals surface area contributed by atoms with E-state index in [2.05, 4.69) is 39.0 Å². The summed E-state index contributed by atoms with van der Waals surface area (Å²) in [7, 11) is 0. The Morgan fingerprint density at radius 1 is 1.44 bits per heavy atom. The Kier molecular flexibility index (Phi) is 3.16. The second-order valence-corrected chi connectivity index (χ2v) is 5.71. The molecule has 0 spiro atoms. The number of halogens is 1. The van der Waals surface area contributed by atoms with Gasteiger partial charge in [0, 0.05) is 11.0 Å². The third-order valence-electron chi connectivity index (χ3n) is 3.23. The number of rotatable bonds is 3. The number of alkyl halides is 1. The van der Waals surface area contributed by atoms with Crippen molar-refractivity contribution in [3.8, 4) is 5.75 Å². The highest BCUT2D eigenvalue weighted by atomic mass is 35.5. The van der Waals surface area contributed by atoms with Crippen LogP contribution in [0.4, 0.5) is 0 Å². The lowest BCUT2D eigenvalue weighted by atomic mass is 9.85. The molecule has 0 saturated carbocycles. The smallest absolute Gasteiger partial charge is 0.123 e. The monoisotopic (exact) mass is 238 g/mol. The van der Waals surface area contributed by atoms with E-state index in [0.717, 1.165) is 25.2 Å². The SMILES string of the molecule is CCCC(Cl)c1ccc2c(c1)C(C)(C)CO2. The van der Waals surface area contributed by atoms with Gasteiger partial charge in [-0.15, -0.1) is 11.6 Å². The fraction of sp³-hybridized carbons (Fsp3) is 0.571. The van der Waals surface area contributed by atoms with E-state index in [0.29, 0.717) is 0 Å². The lowest BCUT2D eigenvalue weighted by Gasteiger charge is -2.17. The Balaban J connectivity index is 2.32. The lowest BCUT2D eigenvalue weighted by molar-refractivity contribution is 0.291. The van der Waals surface area contributed by atoms with E-state index in [1.807, 2.05) is 0 Å². The van der Waals surface area contributed by atoms with Crippen LogP contribution in [-0.2, 0) is 5.41 Å². The zero-order valence-corrected chi connectivity index (χ0v) is 11.0. The zero-order valence-electron chi connectivity index (χ0n) is 10.2. The summed E-state index contributed by atoms with van der Waals surface area (Å²) in [5.41, 5.74) is 2.64. The molecule has 1 heterocycles. The van der Waals surface area contributed by atoms with Crippen LogP contribution < -0.4 is 4.74 Å². The second-order valence-electron chi connectivity index (χ2n) is 5.18. The van der Waals surface area contributed by atoms with Gasteiger partial charge < -0.3 is 4.74 Å². The Morgan fingerprint density at radius 2 is 2.19 bits per heavy atom. The Hall–Kier alpha value is -0.690. The molecule has 88 valence electrons. The van der Waals surface area contributed by atoms with Crippen molar-refractivity contribution in [1.82, 2.24) is 0 Å². The minimum Gasteiger partial charge on any atom is -0.492 e. The highest BCUT2D eigenvalue weighted by Gasteiger charge is 2.32. The van der Waals surface area contributed by atoms with Gasteiger partial charge in [0.05, 0.1) is 12.0 Å². The quantitative estimate of drug-likeness (QED) is 0.708. The molecule has 2 heteroatoms. The van der Waals surface area contributed by atoms with Crippen LogP contribution in [0.5, 0.6) is 5.75 Å². The van der Waals surface area contributed by atoms with Crippen molar-refractivity contribution in [2.45, 2.75) is 44.4 Å². The van der Waals surface area contributed by atoms with Crippen LogP contribution in [-0.4, -0.2) is 6.61 Å². The molecule has 0 aromatic heterocycles. The Labute approximate surface area is 103 Å². The van der Waals surface area contributed by atoms with Crippen LogP contribution in [0, 0.1) is 0 Å². The van der Waals surface area contributed by atoms with Gasteiger partial charge >= 0.3 is 0 Å². The molecule has 1 nitrogen and oxygen atoms in total. The summed E-state index contributed by atoms with van der Waals surface area (Å²) < 4.78 is 5.67. The molecule has 1 aliphatic rings. The Morgan fingerprint density at radius 3 is 2.88 bits per heavy atom. The molecule has 1 unspecified atom stereocenters. The molecule has 0 fully saturated rings. The highest BCUT2D eigenvalue weighted by Crippen LogP contribution is 2.40. The van der Waals surface area contributed by atoms with E-state index < -0.39 is 0 Å². The molecule has 2 rings (SSSR count). The predicted molar refractivity (Wildman–Crippen MR) is 68.5 cm³/mol. The van der Waals surface area contributed by atoms with Gasteiger partial charge in [-0.25, -0.2) is 0 Å². The third kappa shape index (κ3) is 2.06. The van der Waals surface area contributed by atoms with E-state index in [1.165, 1.54) is 11.1 Å². The van der Waals surface area contributed by atoms with Gasteiger partial charge in [-0.05, 0) is 24.1 Å². The number of hydrogen-bond acceptors (Lipinski definition) is 1. The largest absolute Gasteiger partial charge is 0.492 e. The van der Waals surface area contributed by atoms with Crippen molar-refractivity contribution in [2.24, 2.45) is 0 Å². The highest BCUT2D eigenvalue weighted by molar-refractivity contribution is 6.20. The van der Waals surface area contributed by atoms with Gasteiger partial charge in [0.2, 0.25) is 0 Å². The molecule has 0 amide bonds. The van der Waals surface area contributed by atoms with Crippen molar-refractivity contribution < 1.29 is 4.74 Å². The van der Waals surface area contributed by atoms with Crippen LogP contribution in [0.3, 0.4) is 0 Å². The third-order valence-corrected chi connectivity index (χ3v) is 3.70. The molecular formula is C14H19ClO. The maximum Gasteiger partial charge on any atom is 0.123 e. The van der Waals surface area contributed by atoms with Gasteiger partial charge in [-0.2, -0.15) is 0 Å². The summed E-state index contributed by atoms with van der Waals surface area (Å²) in [6, 6.07) is 6.37. The molecule has 16 heavy (non-hydrogen) atoms. The zero-order chi connectivity index (χ0) is 11.8. The summed E-state index contributed by atoms with van der Waals surface area (Å²) in [6.45, 7) is 7.36. The number of fused-ring (bicyclic) bond motifs is 1. The van der Waals surface area contributed by atoms with Crippen molar-refractivity contribution in [1.29, 1.82) is 0 Å². The molecule has 0 bridgehead atoms. The normalized spacial score (nSPS) is 19.0. The van der Waals surface area contributed by atoms with Crippen molar-refractivity contribution in [3.63, 3.8) is 0 Å². The van der Waals surface area contributed by atoms with Crippen LogP contribution in [0.2, 0.25) is 0 Å². The van der Waals surface area contributed by atoms with Gasteiger partial charge in [-0.1, -0.05) is 33.3 Å². The minimum atomic E-state index is 0.119. The van der Waals surface area contributed by atoms with E-state index in [4.69, 9.17) is 16.3 Å². The number of benzene rings is 1. The van der Waals surface area contributed by atoms with Gasteiger partial charge in [0.25, 0.3) is 0 Å². The first-order valence-electron chi connectivity index (χ1n) is 5.96. The summed E-state index contributed by atoms with van der Waals surface area (Å²) in [4.78, 5) is 0. The molecule has 0 aliphatic carbocycles. The van der Waals surface area contributed by atoms with E-state index in [-0.39, 0.29) is 10.8 Å². The Bertz CT molecular complexity index is 384. The fourth-order valence-electron chi connectivity index (χ4n) is 2.15. The van der Waals surface area contributed by atoms with Crippen molar-refractivity contribution in [2.75, 3.05) is 6.61 Å². The first kappa shape index (κ1) is 11.8. The van der Waals surface area contributed by atoms with E-state index in [1.54, 1.807) is 0 Å². The van der Waals surface area contributed by atoms with Gasteiger partial charge in [0.15, 0.2) is 0 Å². The first-order valence-corrected chi connectivity index (χ1v) is 6.39. The first-order chi connectivity index (χ1) is 7.54. The lowest BCUT2D eigenvalue weighted by Crippen LogP contribution is -2.18. The van der Waals surface area contributed by atoms with E-state index >= 15 is 0 Å². The predicted octanol–water partition coefficient (Wildman–Crippen LogP) is 4.44. The summed E-state index contributed by atoms with van der Waals surface area (Å²) >= 11 is 6.36. The van der Waals surface area contributed by atoms with Crippen LogP contribution in [0.15, 0.2) is 18.2 Å². The molecule has 0 radical (unpaired) electrons. The second kappa shape index (κ2) is 4.29. The van der Waals surface area contributed by atoms with Gasteiger partial charge in [-0.3, -0.25) is 0 Å². The van der Waals surface area contributed by atoms with Crippen LogP contribution in [0.1, 0.15) is 50.1 Å². The average molecular weight is 239 g/mol. The molecule has 0 N–H and O–H groups in total. The van der Waals surface area contributed by atoms with Crippen LogP contribution >= 0.6 is 11.6 Å². The minimum absolute atomic E-state index is 0.119. The average Bonchev–Trinajstić information content (AvgIpc) is 2.55. The molecule has 0 saturated heterocycles. The molecule has 1 aliphatic heterocycles. The number of hydrogen-bond donors (Lipinski definition) is 0. The maximum absolute atomic E-state index is 6.36. The number of ether oxygens (including phenoxy) is 1. The summed E-state index contributed by atoms with van der Waals surface area (Å²) in [5, 5.41) is 0.131. The topological polar surface area (TPSA) is 9.23 Å². The summed E-state index contributed by atoms with van der Waals surface area (Å²) in [5.74, 6) is 1.02. The molecule has 1 aromatic carbocycles. The maximum atomic E-state index is 6.36. The van der Waals surface area contributed by atoms with Crippen molar-refractivity contribution in [3.05, 3.63) is 29.3 Å².